The highest BCUT2D eigenvalue weighted by atomic mass is 16.4. The summed E-state index contributed by atoms with van der Waals surface area (Å²) < 4.78 is 5.53. The van der Waals surface area contributed by atoms with Crippen LogP contribution in [0.5, 0.6) is 0 Å². The van der Waals surface area contributed by atoms with Gasteiger partial charge in [-0.3, -0.25) is 0 Å². The predicted octanol–water partition coefficient (Wildman–Crippen LogP) is 1.31. The van der Waals surface area contributed by atoms with Crippen LogP contribution in [0, 0.1) is 0 Å². The van der Waals surface area contributed by atoms with Crippen molar-refractivity contribution in [1.82, 2.24) is 15.2 Å². The summed E-state index contributed by atoms with van der Waals surface area (Å²) in [6, 6.07) is 0.716. The van der Waals surface area contributed by atoms with Crippen molar-refractivity contribution < 1.29 is 4.42 Å². The first-order valence-electron chi connectivity index (χ1n) is 6.55. The van der Waals surface area contributed by atoms with Gasteiger partial charge in [0.2, 0.25) is 0 Å². The first kappa shape index (κ1) is 13.4. The molecule has 1 heterocycles. The number of hydrogen-bond donors (Lipinski definition) is 1. The molecular formula is C13H24N4O. The Balaban J connectivity index is 2.00. The van der Waals surface area contributed by atoms with Crippen molar-refractivity contribution in [2.45, 2.75) is 31.3 Å². The van der Waals surface area contributed by atoms with E-state index in [-0.39, 0.29) is 0 Å². The largest absolute Gasteiger partial charge is 0.432 e. The minimum atomic E-state index is 0.298. The molecule has 0 atom stereocenters. The van der Waals surface area contributed by atoms with Crippen LogP contribution in [0.4, 0.5) is 6.01 Å². The summed E-state index contributed by atoms with van der Waals surface area (Å²) in [4.78, 5) is 8.94. The van der Waals surface area contributed by atoms with Crippen molar-refractivity contribution in [3.05, 3.63) is 12.0 Å². The zero-order valence-electron chi connectivity index (χ0n) is 11.9. The van der Waals surface area contributed by atoms with Crippen LogP contribution in [0.3, 0.4) is 0 Å². The second-order valence-electron chi connectivity index (χ2n) is 5.48. The van der Waals surface area contributed by atoms with E-state index in [1.165, 1.54) is 19.3 Å². The summed E-state index contributed by atoms with van der Waals surface area (Å²) in [6.45, 7) is 1.72. The lowest BCUT2D eigenvalue weighted by molar-refractivity contribution is 0.0673. The van der Waals surface area contributed by atoms with E-state index in [1.54, 1.807) is 6.26 Å². The maximum absolute atomic E-state index is 5.53. The summed E-state index contributed by atoms with van der Waals surface area (Å²) in [5, 5.41) is 3.08. The lowest BCUT2D eigenvalue weighted by Gasteiger charge is -2.48. The lowest BCUT2D eigenvalue weighted by atomic mass is 9.75. The fourth-order valence-electron chi connectivity index (χ4n) is 2.57. The molecule has 2 rings (SSSR count). The Hall–Kier alpha value is -1.07. The van der Waals surface area contributed by atoms with Gasteiger partial charge in [0.05, 0.1) is 5.69 Å². The molecule has 1 aliphatic carbocycles. The maximum atomic E-state index is 5.53. The van der Waals surface area contributed by atoms with E-state index < -0.39 is 0 Å². The van der Waals surface area contributed by atoms with Crippen LogP contribution in [-0.4, -0.2) is 50.2 Å². The maximum Gasteiger partial charge on any atom is 0.297 e. The number of likely N-dealkylation sites (N-methyl/N-ethyl adjacent to an activating group) is 2. The van der Waals surface area contributed by atoms with Crippen molar-refractivity contribution in [3.8, 4) is 0 Å². The number of nitrogens with one attached hydrogen (secondary N) is 1. The molecule has 18 heavy (non-hydrogen) atoms. The SMILES string of the molecule is CNCc1coc(N(C)CC2(N(C)C)CCC2)n1. The first-order valence-corrected chi connectivity index (χ1v) is 6.55. The van der Waals surface area contributed by atoms with E-state index in [1.807, 2.05) is 7.05 Å². The Kier molecular flexibility index (Phi) is 3.92. The van der Waals surface area contributed by atoms with E-state index >= 15 is 0 Å². The fraction of sp³-hybridized carbons (Fsp3) is 0.769. The van der Waals surface area contributed by atoms with Crippen LogP contribution in [0.15, 0.2) is 10.7 Å². The zero-order chi connectivity index (χ0) is 13.2. The molecule has 0 amide bonds. The molecule has 102 valence electrons. The van der Waals surface area contributed by atoms with E-state index in [4.69, 9.17) is 4.42 Å². The smallest absolute Gasteiger partial charge is 0.297 e. The normalized spacial score (nSPS) is 17.8. The van der Waals surface area contributed by atoms with Gasteiger partial charge < -0.3 is 19.5 Å². The fourth-order valence-corrected chi connectivity index (χ4v) is 2.57. The van der Waals surface area contributed by atoms with Crippen LogP contribution in [0.25, 0.3) is 0 Å². The van der Waals surface area contributed by atoms with E-state index in [0.29, 0.717) is 11.6 Å². The van der Waals surface area contributed by atoms with Gasteiger partial charge in [-0.15, -0.1) is 0 Å². The molecule has 5 nitrogen and oxygen atoms in total. The van der Waals surface area contributed by atoms with Crippen LogP contribution < -0.4 is 10.2 Å². The minimum Gasteiger partial charge on any atom is -0.432 e. The van der Waals surface area contributed by atoms with Crippen molar-refractivity contribution in [2.24, 2.45) is 0 Å². The minimum absolute atomic E-state index is 0.298. The standard InChI is InChI=1S/C13H24N4O/c1-14-8-11-9-18-12(15-11)17(4)10-13(16(2)3)6-5-7-13/h9,14H,5-8,10H2,1-4H3. The molecule has 1 fully saturated rings. The summed E-state index contributed by atoms with van der Waals surface area (Å²) in [7, 11) is 8.29. The number of anilines is 1. The topological polar surface area (TPSA) is 44.5 Å². The van der Waals surface area contributed by atoms with Gasteiger partial charge in [-0.2, -0.15) is 4.98 Å². The molecular weight excluding hydrogens is 228 g/mol. The average molecular weight is 252 g/mol. The third-order valence-corrected chi connectivity index (χ3v) is 3.99. The molecule has 1 aliphatic rings. The second-order valence-corrected chi connectivity index (χ2v) is 5.48. The second kappa shape index (κ2) is 5.28. The van der Waals surface area contributed by atoms with E-state index in [2.05, 4.69) is 41.2 Å². The third kappa shape index (κ3) is 2.52. The third-order valence-electron chi connectivity index (χ3n) is 3.99. The summed E-state index contributed by atoms with van der Waals surface area (Å²) in [6.07, 6.45) is 5.57. The van der Waals surface area contributed by atoms with Crippen molar-refractivity contribution in [3.63, 3.8) is 0 Å². The van der Waals surface area contributed by atoms with Crippen LogP contribution in [-0.2, 0) is 6.54 Å². The Morgan fingerprint density at radius 3 is 2.61 bits per heavy atom. The highest BCUT2D eigenvalue weighted by molar-refractivity contribution is 5.27. The Morgan fingerprint density at radius 1 is 1.39 bits per heavy atom. The van der Waals surface area contributed by atoms with E-state index in [0.717, 1.165) is 18.8 Å². The quantitative estimate of drug-likeness (QED) is 0.827. The van der Waals surface area contributed by atoms with Crippen molar-refractivity contribution >= 4 is 6.01 Å². The molecule has 0 aliphatic heterocycles. The number of rotatable bonds is 6. The average Bonchev–Trinajstić information content (AvgIpc) is 2.71. The van der Waals surface area contributed by atoms with Gasteiger partial charge in [0.15, 0.2) is 0 Å². The lowest BCUT2D eigenvalue weighted by Crippen LogP contribution is -2.56. The van der Waals surface area contributed by atoms with Gasteiger partial charge in [0, 0.05) is 25.7 Å². The molecule has 0 unspecified atom stereocenters. The molecule has 0 bridgehead atoms. The number of aromatic nitrogens is 1. The summed E-state index contributed by atoms with van der Waals surface area (Å²) in [5.41, 5.74) is 1.25. The van der Waals surface area contributed by atoms with Gasteiger partial charge in [0.25, 0.3) is 6.01 Å². The molecule has 1 aromatic heterocycles. The van der Waals surface area contributed by atoms with Crippen LogP contribution in [0.2, 0.25) is 0 Å². The molecule has 1 aromatic rings. The van der Waals surface area contributed by atoms with Gasteiger partial charge in [-0.25, -0.2) is 0 Å². The highest BCUT2D eigenvalue weighted by Crippen LogP contribution is 2.37. The molecule has 0 radical (unpaired) electrons. The summed E-state index contributed by atoms with van der Waals surface area (Å²) >= 11 is 0. The van der Waals surface area contributed by atoms with Crippen LogP contribution >= 0.6 is 0 Å². The van der Waals surface area contributed by atoms with Gasteiger partial charge in [-0.1, -0.05) is 0 Å². The van der Waals surface area contributed by atoms with Gasteiger partial charge in [-0.05, 0) is 40.4 Å². The molecule has 0 saturated heterocycles. The zero-order valence-corrected chi connectivity index (χ0v) is 11.9. The van der Waals surface area contributed by atoms with Crippen molar-refractivity contribution in [1.29, 1.82) is 0 Å². The number of hydrogen-bond acceptors (Lipinski definition) is 5. The molecule has 1 N–H and O–H groups in total. The molecule has 5 heteroatoms. The van der Waals surface area contributed by atoms with Gasteiger partial charge in [0.1, 0.15) is 6.26 Å². The van der Waals surface area contributed by atoms with Crippen LogP contribution in [0.1, 0.15) is 25.0 Å². The van der Waals surface area contributed by atoms with Gasteiger partial charge >= 0.3 is 0 Å². The number of nitrogens with zero attached hydrogens (tertiary/aromatic N) is 3. The number of oxazole rings is 1. The molecule has 0 aromatic carbocycles. The Morgan fingerprint density at radius 2 is 2.11 bits per heavy atom. The first-order chi connectivity index (χ1) is 8.57. The summed E-state index contributed by atoms with van der Waals surface area (Å²) in [5.74, 6) is 0. The Bertz CT molecular complexity index is 384. The molecule has 1 saturated carbocycles. The van der Waals surface area contributed by atoms with E-state index in [9.17, 15) is 0 Å². The Labute approximate surface area is 109 Å². The monoisotopic (exact) mass is 252 g/mol. The molecule has 0 spiro atoms. The predicted molar refractivity (Wildman–Crippen MR) is 72.8 cm³/mol. The van der Waals surface area contributed by atoms with Crippen molar-refractivity contribution in [2.75, 3.05) is 39.6 Å². The highest BCUT2D eigenvalue weighted by Gasteiger charge is 2.40.